The van der Waals surface area contributed by atoms with Crippen molar-refractivity contribution in [3.8, 4) is 0 Å². The highest BCUT2D eigenvalue weighted by Gasteiger charge is 2.20. The Kier molecular flexibility index (Phi) is 5.82. The van der Waals surface area contributed by atoms with E-state index in [1.165, 1.54) is 51.6 Å². The van der Waals surface area contributed by atoms with E-state index in [4.69, 9.17) is 0 Å². The predicted octanol–water partition coefficient (Wildman–Crippen LogP) is 4.23. The van der Waals surface area contributed by atoms with Crippen molar-refractivity contribution in [3.63, 3.8) is 0 Å². The average molecular weight is 225 g/mol. The maximum atomic E-state index is 3.69. The normalized spacial score (nSPS) is 21.8. The summed E-state index contributed by atoms with van der Waals surface area (Å²) in [5.74, 6) is 1.72. The minimum Gasteiger partial charge on any atom is -0.316 e. The van der Waals surface area contributed by atoms with Gasteiger partial charge in [0.05, 0.1) is 0 Å². The lowest BCUT2D eigenvalue weighted by Gasteiger charge is -2.28. The molecule has 0 aromatic rings. The monoisotopic (exact) mass is 225 g/mol. The molecule has 0 spiro atoms. The lowest BCUT2D eigenvalue weighted by Crippen LogP contribution is -2.32. The first kappa shape index (κ1) is 14.0. The van der Waals surface area contributed by atoms with Crippen LogP contribution in [0.3, 0.4) is 0 Å². The van der Waals surface area contributed by atoms with Crippen LogP contribution in [0.15, 0.2) is 0 Å². The van der Waals surface area contributed by atoms with Crippen LogP contribution in [0.25, 0.3) is 0 Å². The number of nitrogens with one attached hydrogen (secondary N) is 1. The summed E-state index contributed by atoms with van der Waals surface area (Å²) < 4.78 is 0. The molecule has 0 radical (unpaired) electrons. The molecular formula is C15H31N. The van der Waals surface area contributed by atoms with Gasteiger partial charge in [0, 0.05) is 0 Å². The SMILES string of the molecule is CC(CNCC1CCCCCC1)C(C)(C)C. The summed E-state index contributed by atoms with van der Waals surface area (Å²) in [6, 6.07) is 0. The van der Waals surface area contributed by atoms with Crippen molar-refractivity contribution >= 4 is 0 Å². The van der Waals surface area contributed by atoms with Gasteiger partial charge in [0.2, 0.25) is 0 Å². The van der Waals surface area contributed by atoms with Crippen molar-refractivity contribution in [2.75, 3.05) is 13.1 Å². The maximum absolute atomic E-state index is 3.69. The first-order chi connectivity index (χ1) is 7.50. The van der Waals surface area contributed by atoms with Crippen molar-refractivity contribution in [1.82, 2.24) is 5.32 Å². The van der Waals surface area contributed by atoms with Crippen molar-refractivity contribution < 1.29 is 0 Å². The number of hydrogen-bond acceptors (Lipinski definition) is 1. The fraction of sp³-hybridized carbons (Fsp3) is 1.00. The average Bonchev–Trinajstić information content (AvgIpc) is 2.44. The Labute approximate surface area is 102 Å². The van der Waals surface area contributed by atoms with E-state index in [1.807, 2.05) is 0 Å². The van der Waals surface area contributed by atoms with Gasteiger partial charge in [-0.15, -0.1) is 0 Å². The first-order valence-electron chi connectivity index (χ1n) is 7.21. The molecule has 0 bridgehead atoms. The highest BCUT2D eigenvalue weighted by molar-refractivity contribution is 4.73. The van der Waals surface area contributed by atoms with Gasteiger partial charge in [0.1, 0.15) is 0 Å². The molecule has 1 unspecified atom stereocenters. The van der Waals surface area contributed by atoms with Crippen molar-refractivity contribution in [2.45, 2.75) is 66.2 Å². The van der Waals surface area contributed by atoms with E-state index in [1.54, 1.807) is 0 Å². The largest absolute Gasteiger partial charge is 0.316 e. The molecule has 1 saturated carbocycles. The van der Waals surface area contributed by atoms with Gasteiger partial charge in [0.25, 0.3) is 0 Å². The summed E-state index contributed by atoms with van der Waals surface area (Å²) in [4.78, 5) is 0. The van der Waals surface area contributed by atoms with Crippen LogP contribution < -0.4 is 5.32 Å². The first-order valence-corrected chi connectivity index (χ1v) is 7.21. The third-order valence-electron chi connectivity index (χ3n) is 4.34. The van der Waals surface area contributed by atoms with Gasteiger partial charge in [-0.3, -0.25) is 0 Å². The third kappa shape index (κ3) is 5.34. The minimum atomic E-state index is 0.441. The van der Waals surface area contributed by atoms with E-state index in [9.17, 15) is 0 Å². The molecule has 16 heavy (non-hydrogen) atoms. The summed E-state index contributed by atoms with van der Waals surface area (Å²) in [5, 5.41) is 3.69. The zero-order valence-electron chi connectivity index (χ0n) is 11.8. The number of hydrogen-bond donors (Lipinski definition) is 1. The zero-order valence-corrected chi connectivity index (χ0v) is 11.8. The van der Waals surface area contributed by atoms with E-state index in [2.05, 4.69) is 33.0 Å². The lowest BCUT2D eigenvalue weighted by atomic mass is 9.82. The van der Waals surface area contributed by atoms with Crippen molar-refractivity contribution in [2.24, 2.45) is 17.3 Å². The summed E-state index contributed by atoms with van der Waals surface area (Å²) in [7, 11) is 0. The van der Waals surface area contributed by atoms with Crippen LogP contribution >= 0.6 is 0 Å². The minimum absolute atomic E-state index is 0.441. The van der Waals surface area contributed by atoms with Gasteiger partial charge in [-0.1, -0.05) is 53.4 Å². The van der Waals surface area contributed by atoms with Crippen LogP contribution in [-0.4, -0.2) is 13.1 Å². The molecule has 1 nitrogen and oxygen atoms in total. The van der Waals surface area contributed by atoms with Crippen molar-refractivity contribution in [1.29, 1.82) is 0 Å². The van der Waals surface area contributed by atoms with Gasteiger partial charge < -0.3 is 5.32 Å². The molecule has 96 valence electrons. The molecule has 1 rings (SSSR count). The molecule has 0 aromatic heterocycles. The van der Waals surface area contributed by atoms with Crippen LogP contribution in [0.5, 0.6) is 0 Å². The lowest BCUT2D eigenvalue weighted by molar-refractivity contribution is 0.247. The molecule has 0 amide bonds. The summed E-state index contributed by atoms with van der Waals surface area (Å²) in [6.07, 6.45) is 8.76. The van der Waals surface area contributed by atoms with Crippen LogP contribution in [0.2, 0.25) is 0 Å². The fourth-order valence-corrected chi connectivity index (χ4v) is 2.38. The van der Waals surface area contributed by atoms with Gasteiger partial charge in [-0.2, -0.15) is 0 Å². The second-order valence-electron chi connectivity index (χ2n) is 6.78. The molecule has 1 atom stereocenters. The molecule has 0 saturated heterocycles. The highest BCUT2D eigenvalue weighted by atomic mass is 14.9. The summed E-state index contributed by atoms with van der Waals surface area (Å²) in [5.41, 5.74) is 0.441. The molecule has 1 heteroatoms. The van der Waals surface area contributed by atoms with E-state index in [0.717, 1.165) is 11.8 Å². The summed E-state index contributed by atoms with van der Waals surface area (Å²) in [6.45, 7) is 11.8. The molecular weight excluding hydrogens is 194 g/mol. The fourth-order valence-electron chi connectivity index (χ4n) is 2.38. The smallest absolute Gasteiger partial charge is 0.00180 e. The molecule has 0 heterocycles. The quantitative estimate of drug-likeness (QED) is 0.706. The van der Waals surface area contributed by atoms with E-state index < -0.39 is 0 Å². The van der Waals surface area contributed by atoms with Crippen LogP contribution in [0.4, 0.5) is 0 Å². The number of rotatable bonds is 4. The Morgan fingerprint density at radius 3 is 2.12 bits per heavy atom. The predicted molar refractivity (Wildman–Crippen MR) is 72.7 cm³/mol. The molecule has 0 aromatic carbocycles. The zero-order chi connectivity index (χ0) is 12.0. The Balaban J connectivity index is 2.14. The van der Waals surface area contributed by atoms with Crippen molar-refractivity contribution in [3.05, 3.63) is 0 Å². The van der Waals surface area contributed by atoms with Crippen LogP contribution in [0, 0.1) is 17.3 Å². The van der Waals surface area contributed by atoms with Gasteiger partial charge in [-0.25, -0.2) is 0 Å². The standard InChI is InChI=1S/C15H31N/c1-13(15(2,3)4)11-16-12-14-9-7-5-6-8-10-14/h13-14,16H,5-12H2,1-4H3. The molecule has 0 aliphatic heterocycles. The Morgan fingerprint density at radius 2 is 1.62 bits per heavy atom. The topological polar surface area (TPSA) is 12.0 Å². The molecule has 1 aliphatic carbocycles. The highest BCUT2D eigenvalue weighted by Crippen LogP contribution is 2.25. The second-order valence-corrected chi connectivity index (χ2v) is 6.78. The third-order valence-corrected chi connectivity index (χ3v) is 4.34. The van der Waals surface area contributed by atoms with Gasteiger partial charge >= 0.3 is 0 Å². The maximum Gasteiger partial charge on any atom is -0.00180 e. The molecule has 1 aliphatic rings. The molecule has 1 N–H and O–H groups in total. The van der Waals surface area contributed by atoms with Gasteiger partial charge in [0.15, 0.2) is 0 Å². The van der Waals surface area contributed by atoms with E-state index >= 15 is 0 Å². The second kappa shape index (κ2) is 6.64. The van der Waals surface area contributed by atoms with Crippen LogP contribution in [0.1, 0.15) is 66.2 Å². The van der Waals surface area contributed by atoms with E-state index in [-0.39, 0.29) is 0 Å². The Bertz CT molecular complexity index is 172. The van der Waals surface area contributed by atoms with Gasteiger partial charge in [-0.05, 0) is 43.2 Å². The molecule has 1 fully saturated rings. The van der Waals surface area contributed by atoms with E-state index in [0.29, 0.717) is 5.41 Å². The summed E-state index contributed by atoms with van der Waals surface area (Å²) >= 11 is 0. The van der Waals surface area contributed by atoms with Crippen LogP contribution in [-0.2, 0) is 0 Å². The Hall–Kier alpha value is -0.0400. The Morgan fingerprint density at radius 1 is 1.06 bits per heavy atom.